The SMILES string of the molecule is C=CCN(C(C)C)S(=O)(=O)c1cc(CNC)n(CCC)c1. The lowest BCUT2D eigenvalue weighted by molar-refractivity contribution is 0.383. The van der Waals surface area contributed by atoms with E-state index in [0.29, 0.717) is 18.0 Å². The van der Waals surface area contributed by atoms with E-state index in [1.54, 1.807) is 18.3 Å². The third-order valence-electron chi connectivity index (χ3n) is 3.27. The van der Waals surface area contributed by atoms with E-state index >= 15 is 0 Å². The lowest BCUT2D eigenvalue weighted by Crippen LogP contribution is -2.36. The number of nitrogens with zero attached hydrogens (tertiary/aromatic N) is 2. The minimum Gasteiger partial charge on any atom is -0.349 e. The molecule has 120 valence electrons. The lowest BCUT2D eigenvalue weighted by atomic mass is 10.4. The van der Waals surface area contributed by atoms with E-state index in [1.807, 2.05) is 25.5 Å². The van der Waals surface area contributed by atoms with Crippen LogP contribution in [0.2, 0.25) is 0 Å². The average Bonchev–Trinajstić information content (AvgIpc) is 2.80. The Hall–Kier alpha value is -1.11. The predicted molar refractivity (Wildman–Crippen MR) is 86.7 cm³/mol. The molecule has 1 heterocycles. The number of sulfonamides is 1. The zero-order valence-electron chi connectivity index (χ0n) is 13.5. The van der Waals surface area contributed by atoms with E-state index in [-0.39, 0.29) is 6.04 Å². The van der Waals surface area contributed by atoms with Crippen LogP contribution in [0.1, 0.15) is 32.9 Å². The van der Waals surface area contributed by atoms with Crippen molar-refractivity contribution in [3.63, 3.8) is 0 Å². The van der Waals surface area contributed by atoms with E-state index < -0.39 is 10.0 Å². The largest absolute Gasteiger partial charge is 0.349 e. The van der Waals surface area contributed by atoms with Crippen LogP contribution in [0.3, 0.4) is 0 Å². The molecule has 0 aliphatic carbocycles. The van der Waals surface area contributed by atoms with Gasteiger partial charge in [0.1, 0.15) is 4.90 Å². The summed E-state index contributed by atoms with van der Waals surface area (Å²) in [5.74, 6) is 0. The van der Waals surface area contributed by atoms with Crippen molar-refractivity contribution >= 4 is 10.0 Å². The molecule has 0 spiro atoms. The monoisotopic (exact) mass is 313 g/mol. The summed E-state index contributed by atoms with van der Waals surface area (Å²) in [7, 11) is -1.63. The number of hydrogen-bond acceptors (Lipinski definition) is 3. The lowest BCUT2D eigenvalue weighted by Gasteiger charge is -2.23. The summed E-state index contributed by atoms with van der Waals surface area (Å²) in [5.41, 5.74) is 0.986. The number of aryl methyl sites for hydroxylation is 1. The Morgan fingerprint density at radius 3 is 2.62 bits per heavy atom. The van der Waals surface area contributed by atoms with Crippen LogP contribution in [0.15, 0.2) is 29.8 Å². The summed E-state index contributed by atoms with van der Waals surface area (Å²) < 4.78 is 29.0. The van der Waals surface area contributed by atoms with Gasteiger partial charge in [-0.15, -0.1) is 6.58 Å². The molecule has 0 amide bonds. The van der Waals surface area contributed by atoms with Crippen molar-refractivity contribution in [1.82, 2.24) is 14.2 Å². The van der Waals surface area contributed by atoms with Crippen LogP contribution < -0.4 is 5.32 Å². The highest BCUT2D eigenvalue weighted by molar-refractivity contribution is 7.89. The molecule has 0 aliphatic heterocycles. The first kappa shape index (κ1) is 17.9. The maximum atomic E-state index is 12.8. The number of rotatable bonds is 9. The maximum Gasteiger partial charge on any atom is 0.245 e. The fourth-order valence-corrected chi connectivity index (χ4v) is 3.97. The van der Waals surface area contributed by atoms with Gasteiger partial charge >= 0.3 is 0 Å². The average molecular weight is 313 g/mol. The summed E-state index contributed by atoms with van der Waals surface area (Å²) in [6.45, 7) is 11.3. The molecular weight excluding hydrogens is 286 g/mol. The molecule has 0 saturated heterocycles. The van der Waals surface area contributed by atoms with Crippen molar-refractivity contribution in [2.45, 2.75) is 51.2 Å². The third-order valence-corrected chi connectivity index (χ3v) is 5.28. The molecule has 6 heteroatoms. The minimum atomic E-state index is -3.49. The van der Waals surface area contributed by atoms with Gasteiger partial charge in [-0.2, -0.15) is 4.31 Å². The molecule has 1 rings (SSSR count). The van der Waals surface area contributed by atoms with Gasteiger partial charge in [0.05, 0.1) is 0 Å². The zero-order chi connectivity index (χ0) is 16.0. The van der Waals surface area contributed by atoms with Crippen LogP contribution >= 0.6 is 0 Å². The van der Waals surface area contributed by atoms with Crippen LogP contribution in [-0.4, -0.2) is 36.9 Å². The first-order chi connectivity index (χ1) is 9.88. The molecule has 1 N–H and O–H groups in total. The second-order valence-electron chi connectivity index (χ2n) is 5.35. The smallest absolute Gasteiger partial charge is 0.245 e. The quantitative estimate of drug-likeness (QED) is 0.711. The summed E-state index contributed by atoms with van der Waals surface area (Å²) >= 11 is 0. The molecule has 0 unspecified atom stereocenters. The van der Waals surface area contributed by atoms with Gasteiger partial charge in [0, 0.05) is 37.6 Å². The molecule has 0 atom stereocenters. The van der Waals surface area contributed by atoms with E-state index in [4.69, 9.17) is 0 Å². The molecule has 0 bridgehead atoms. The minimum absolute atomic E-state index is 0.102. The van der Waals surface area contributed by atoms with Gasteiger partial charge in [0.25, 0.3) is 0 Å². The molecule has 1 aromatic heterocycles. The Morgan fingerprint density at radius 1 is 1.48 bits per heavy atom. The summed E-state index contributed by atoms with van der Waals surface area (Å²) in [6, 6.07) is 1.66. The van der Waals surface area contributed by atoms with Gasteiger partial charge in [-0.1, -0.05) is 13.0 Å². The Labute approximate surface area is 128 Å². The Kier molecular flexibility index (Phi) is 6.64. The van der Waals surface area contributed by atoms with Crippen molar-refractivity contribution in [2.75, 3.05) is 13.6 Å². The van der Waals surface area contributed by atoms with E-state index in [1.165, 1.54) is 4.31 Å². The third kappa shape index (κ3) is 4.18. The van der Waals surface area contributed by atoms with Crippen LogP contribution in [0.25, 0.3) is 0 Å². The van der Waals surface area contributed by atoms with E-state index in [0.717, 1.165) is 18.7 Å². The van der Waals surface area contributed by atoms with Gasteiger partial charge in [0.2, 0.25) is 10.0 Å². The van der Waals surface area contributed by atoms with E-state index in [9.17, 15) is 8.42 Å². The summed E-state index contributed by atoms with van der Waals surface area (Å²) in [5, 5.41) is 3.08. The Balaban J connectivity index is 3.23. The van der Waals surface area contributed by atoms with Crippen molar-refractivity contribution in [1.29, 1.82) is 0 Å². The number of aromatic nitrogens is 1. The van der Waals surface area contributed by atoms with Crippen molar-refractivity contribution in [2.24, 2.45) is 0 Å². The van der Waals surface area contributed by atoms with Gasteiger partial charge in [0.15, 0.2) is 0 Å². The predicted octanol–water partition coefficient (Wildman–Crippen LogP) is 2.20. The first-order valence-electron chi connectivity index (χ1n) is 7.34. The number of hydrogen-bond donors (Lipinski definition) is 1. The second kappa shape index (κ2) is 7.77. The van der Waals surface area contributed by atoms with Gasteiger partial charge in [-0.25, -0.2) is 8.42 Å². The molecule has 0 aromatic carbocycles. The topological polar surface area (TPSA) is 54.3 Å². The highest BCUT2D eigenvalue weighted by Gasteiger charge is 2.27. The van der Waals surface area contributed by atoms with E-state index in [2.05, 4.69) is 18.8 Å². The zero-order valence-corrected chi connectivity index (χ0v) is 14.3. The Morgan fingerprint density at radius 2 is 2.14 bits per heavy atom. The molecule has 5 nitrogen and oxygen atoms in total. The molecule has 1 aromatic rings. The maximum absolute atomic E-state index is 12.8. The Bertz CT molecular complexity index is 538. The molecular formula is C15H27N3O2S. The van der Waals surface area contributed by atoms with Crippen molar-refractivity contribution < 1.29 is 8.42 Å². The fraction of sp³-hybridized carbons (Fsp3) is 0.600. The fourth-order valence-electron chi connectivity index (χ4n) is 2.29. The molecule has 0 radical (unpaired) electrons. The van der Waals surface area contributed by atoms with Crippen LogP contribution in [0, 0.1) is 0 Å². The normalized spacial score (nSPS) is 12.3. The standard InChI is InChI=1S/C15H27N3O2S/c1-6-8-17-12-15(10-14(17)11-16-5)21(19,20)18(9-7-2)13(3)4/h7,10,12-13,16H,2,6,8-9,11H2,1,3-5H3. The second-order valence-corrected chi connectivity index (χ2v) is 7.24. The first-order valence-corrected chi connectivity index (χ1v) is 8.78. The van der Waals surface area contributed by atoms with Gasteiger partial charge in [-0.05, 0) is 33.4 Å². The van der Waals surface area contributed by atoms with Gasteiger partial charge < -0.3 is 9.88 Å². The molecule has 0 fully saturated rings. The molecule has 21 heavy (non-hydrogen) atoms. The summed E-state index contributed by atoms with van der Waals surface area (Å²) in [4.78, 5) is 0.358. The molecule has 0 aliphatic rings. The van der Waals surface area contributed by atoms with Crippen LogP contribution in [0.4, 0.5) is 0 Å². The number of nitrogens with one attached hydrogen (secondary N) is 1. The molecule has 0 saturated carbocycles. The van der Waals surface area contributed by atoms with Crippen LogP contribution in [0.5, 0.6) is 0 Å². The summed E-state index contributed by atoms with van der Waals surface area (Å²) in [6.07, 6.45) is 4.32. The van der Waals surface area contributed by atoms with Crippen molar-refractivity contribution in [3.8, 4) is 0 Å². The van der Waals surface area contributed by atoms with Gasteiger partial charge in [-0.3, -0.25) is 0 Å². The van der Waals surface area contributed by atoms with Crippen molar-refractivity contribution in [3.05, 3.63) is 30.6 Å². The van der Waals surface area contributed by atoms with Crippen LogP contribution in [-0.2, 0) is 23.1 Å². The highest BCUT2D eigenvalue weighted by Crippen LogP contribution is 2.21. The highest BCUT2D eigenvalue weighted by atomic mass is 32.2.